The van der Waals surface area contributed by atoms with Crippen molar-refractivity contribution in [2.75, 3.05) is 5.75 Å². The average Bonchev–Trinajstić information content (AvgIpc) is 3.20. The van der Waals surface area contributed by atoms with E-state index < -0.39 is 35.9 Å². The summed E-state index contributed by atoms with van der Waals surface area (Å²) < 4.78 is 0. The van der Waals surface area contributed by atoms with E-state index in [-0.39, 0.29) is 24.3 Å². The number of amides is 2. The molecule has 2 aromatic carbocycles. The summed E-state index contributed by atoms with van der Waals surface area (Å²) in [5.74, 6) is -2.42. The van der Waals surface area contributed by atoms with Crippen LogP contribution in [0.25, 0.3) is 10.9 Å². The molecule has 3 atom stereocenters. The lowest BCUT2D eigenvalue weighted by Crippen LogP contribution is -2.55. The number of aromatic nitrogens is 1. The van der Waals surface area contributed by atoms with Crippen molar-refractivity contribution < 1.29 is 24.6 Å². The average molecular weight is 471 g/mol. The molecule has 10 heteroatoms. The van der Waals surface area contributed by atoms with Gasteiger partial charge >= 0.3 is 5.97 Å². The molecular formula is C23H26N4O5S. The Morgan fingerprint density at radius 2 is 1.64 bits per heavy atom. The molecular weight excluding hydrogens is 444 g/mol. The fourth-order valence-electron chi connectivity index (χ4n) is 3.44. The van der Waals surface area contributed by atoms with Crippen LogP contribution in [0.15, 0.2) is 54.7 Å². The number of carboxylic acids is 1. The first kappa shape index (κ1) is 24.1. The van der Waals surface area contributed by atoms with Crippen molar-refractivity contribution in [2.45, 2.75) is 31.0 Å². The SMILES string of the molecule is NC(Cc1ccc(O)cc1)C(=O)NC(Cc1c[nH]c2ccccc12)C(=O)NC(CS)C(=O)O. The van der Waals surface area contributed by atoms with Gasteiger partial charge in [0.1, 0.15) is 17.8 Å². The Hall–Kier alpha value is -3.50. The number of phenols is 1. The molecule has 3 rings (SSSR count). The maximum atomic E-state index is 12.9. The molecule has 0 aliphatic heterocycles. The zero-order valence-corrected chi connectivity index (χ0v) is 18.6. The van der Waals surface area contributed by atoms with Gasteiger partial charge in [0.25, 0.3) is 0 Å². The smallest absolute Gasteiger partial charge is 0.327 e. The zero-order chi connectivity index (χ0) is 24.0. The number of H-pyrrole nitrogens is 1. The van der Waals surface area contributed by atoms with Gasteiger partial charge in [-0.2, -0.15) is 12.6 Å². The minimum Gasteiger partial charge on any atom is -0.508 e. The molecule has 0 radical (unpaired) electrons. The van der Waals surface area contributed by atoms with E-state index in [1.165, 1.54) is 12.1 Å². The number of hydrogen-bond donors (Lipinski definition) is 7. The number of aromatic hydroxyl groups is 1. The van der Waals surface area contributed by atoms with Gasteiger partial charge in [0.2, 0.25) is 11.8 Å². The van der Waals surface area contributed by atoms with Crippen LogP contribution >= 0.6 is 12.6 Å². The molecule has 0 aliphatic carbocycles. The standard InChI is InChI=1S/C23H26N4O5S/c24-17(9-13-5-7-15(28)8-6-13)21(29)26-19(22(30)27-20(12-33)23(31)32)10-14-11-25-18-4-2-1-3-16(14)18/h1-8,11,17,19-20,25,28,33H,9-10,12,24H2,(H,26,29)(H,27,30)(H,31,32). The molecule has 1 aromatic heterocycles. The number of rotatable bonds is 10. The number of para-hydroxylation sites is 1. The van der Waals surface area contributed by atoms with Crippen LogP contribution in [0.5, 0.6) is 5.75 Å². The Bertz CT molecular complexity index is 1130. The molecule has 7 N–H and O–H groups in total. The maximum absolute atomic E-state index is 12.9. The van der Waals surface area contributed by atoms with Crippen LogP contribution in [0.2, 0.25) is 0 Å². The number of nitrogens with one attached hydrogen (secondary N) is 3. The molecule has 3 aromatic rings. The van der Waals surface area contributed by atoms with E-state index >= 15 is 0 Å². The number of benzene rings is 2. The number of phenolic OH excluding ortho intramolecular Hbond substituents is 1. The Labute approximate surface area is 195 Å². The molecule has 0 aliphatic rings. The first-order valence-electron chi connectivity index (χ1n) is 10.3. The Kier molecular flexibility index (Phi) is 7.96. The molecule has 0 spiro atoms. The van der Waals surface area contributed by atoms with Gasteiger partial charge in [-0.25, -0.2) is 4.79 Å². The van der Waals surface area contributed by atoms with Gasteiger partial charge < -0.3 is 31.6 Å². The van der Waals surface area contributed by atoms with Crippen LogP contribution in [0.3, 0.4) is 0 Å². The Morgan fingerprint density at radius 1 is 0.970 bits per heavy atom. The number of hydrogen-bond acceptors (Lipinski definition) is 6. The van der Waals surface area contributed by atoms with Crippen molar-refractivity contribution in [3.63, 3.8) is 0 Å². The quantitative estimate of drug-likeness (QED) is 0.219. The fourth-order valence-corrected chi connectivity index (χ4v) is 3.69. The molecule has 0 fully saturated rings. The molecule has 2 amide bonds. The molecule has 0 bridgehead atoms. The molecule has 174 valence electrons. The van der Waals surface area contributed by atoms with Gasteiger partial charge in [0.05, 0.1) is 6.04 Å². The van der Waals surface area contributed by atoms with Crippen LogP contribution in [0.1, 0.15) is 11.1 Å². The summed E-state index contributed by atoms with van der Waals surface area (Å²) in [5, 5.41) is 24.6. The van der Waals surface area contributed by atoms with E-state index in [0.29, 0.717) is 0 Å². The number of carboxylic acid groups (broad SMARTS) is 1. The van der Waals surface area contributed by atoms with E-state index in [9.17, 15) is 24.6 Å². The van der Waals surface area contributed by atoms with Crippen molar-refractivity contribution in [3.8, 4) is 5.75 Å². The summed E-state index contributed by atoms with van der Waals surface area (Å²) in [7, 11) is 0. The summed E-state index contributed by atoms with van der Waals surface area (Å²) in [6.45, 7) is 0. The zero-order valence-electron chi connectivity index (χ0n) is 17.7. The minimum absolute atomic E-state index is 0.101. The van der Waals surface area contributed by atoms with Gasteiger partial charge in [-0.05, 0) is 35.7 Å². The second kappa shape index (κ2) is 10.9. The number of fused-ring (bicyclic) bond motifs is 1. The van der Waals surface area contributed by atoms with E-state index in [1.807, 2.05) is 24.3 Å². The summed E-state index contributed by atoms with van der Waals surface area (Å²) in [5.41, 5.74) is 8.46. The molecule has 3 unspecified atom stereocenters. The molecule has 0 saturated heterocycles. The van der Waals surface area contributed by atoms with Crippen molar-refractivity contribution in [3.05, 3.63) is 65.9 Å². The third-order valence-electron chi connectivity index (χ3n) is 5.26. The highest BCUT2D eigenvalue weighted by Crippen LogP contribution is 2.19. The number of aromatic amines is 1. The van der Waals surface area contributed by atoms with Gasteiger partial charge in [0, 0.05) is 29.3 Å². The lowest BCUT2D eigenvalue weighted by molar-refractivity contribution is -0.141. The fraction of sp³-hybridized carbons (Fsp3) is 0.261. The van der Waals surface area contributed by atoms with E-state index in [4.69, 9.17) is 5.73 Å². The third-order valence-corrected chi connectivity index (χ3v) is 5.62. The van der Waals surface area contributed by atoms with Crippen molar-refractivity contribution in [1.82, 2.24) is 15.6 Å². The molecule has 1 heterocycles. The third kappa shape index (κ3) is 6.27. The summed E-state index contributed by atoms with van der Waals surface area (Å²) in [4.78, 5) is 40.2. The van der Waals surface area contributed by atoms with Gasteiger partial charge in [-0.3, -0.25) is 9.59 Å². The predicted molar refractivity (Wildman–Crippen MR) is 127 cm³/mol. The monoisotopic (exact) mass is 470 g/mol. The van der Waals surface area contributed by atoms with E-state index in [1.54, 1.807) is 18.3 Å². The first-order chi connectivity index (χ1) is 15.8. The lowest BCUT2D eigenvalue weighted by Gasteiger charge is -2.22. The highest BCUT2D eigenvalue weighted by molar-refractivity contribution is 7.80. The summed E-state index contributed by atoms with van der Waals surface area (Å²) in [6, 6.07) is 10.6. The van der Waals surface area contributed by atoms with Crippen molar-refractivity contribution in [1.29, 1.82) is 0 Å². The molecule has 33 heavy (non-hydrogen) atoms. The number of carbonyl (C=O) groups excluding carboxylic acids is 2. The number of nitrogens with two attached hydrogens (primary N) is 1. The van der Waals surface area contributed by atoms with Crippen molar-refractivity contribution in [2.24, 2.45) is 5.73 Å². The molecule has 9 nitrogen and oxygen atoms in total. The second-order valence-electron chi connectivity index (χ2n) is 7.68. The highest BCUT2D eigenvalue weighted by Gasteiger charge is 2.28. The van der Waals surface area contributed by atoms with Gasteiger partial charge in [0.15, 0.2) is 0 Å². The summed E-state index contributed by atoms with van der Waals surface area (Å²) >= 11 is 3.98. The number of thiol groups is 1. The number of carbonyl (C=O) groups is 3. The largest absolute Gasteiger partial charge is 0.508 e. The Morgan fingerprint density at radius 3 is 2.30 bits per heavy atom. The lowest BCUT2D eigenvalue weighted by atomic mass is 10.0. The van der Waals surface area contributed by atoms with Crippen LogP contribution < -0.4 is 16.4 Å². The van der Waals surface area contributed by atoms with Gasteiger partial charge in [-0.15, -0.1) is 0 Å². The maximum Gasteiger partial charge on any atom is 0.327 e. The van der Waals surface area contributed by atoms with E-state index in [0.717, 1.165) is 22.0 Å². The van der Waals surface area contributed by atoms with Gasteiger partial charge in [-0.1, -0.05) is 30.3 Å². The van der Waals surface area contributed by atoms with Crippen molar-refractivity contribution >= 4 is 41.3 Å². The highest BCUT2D eigenvalue weighted by atomic mass is 32.1. The molecule has 0 saturated carbocycles. The number of aliphatic carboxylic acids is 1. The Balaban J connectivity index is 1.77. The minimum atomic E-state index is -1.22. The van der Waals surface area contributed by atoms with Crippen LogP contribution in [-0.2, 0) is 27.2 Å². The van der Waals surface area contributed by atoms with Crippen LogP contribution in [0.4, 0.5) is 0 Å². The first-order valence-corrected chi connectivity index (χ1v) is 10.9. The predicted octanol–water partition coefficient (Wildman–Crippen LogP) is 0.970. The normalized spacial score (nSPS) is 13.8. The second-order valence-corrected chi connectivity index (χ2v) is 8.05. The van der Waals surface area contributed by atoms with Crippen LogP contribution in [0, 0.1) is 0 Å². The van der Waals surface area contributed by atoms with E-state index in [2.05, 4.69) is 28.2 Å². The summed E-state index contributed by atoms with van der Waals surface area (Å²) in [6.07, 6.45) is 2.08. The topological polar surface area (TPSA) is 158 Å². The van der Waals surface area contributed by atoms with Crippen LogP contribution in [-0.4, -0.2) is 56.9 Å².